The highest BCUT2D eigenvalue weighted by Gasteiger charge is 2.12. The summed E-state index contributed by atoms with van der Waals surface area (Å²) in [5, 5.41) is 2.93. The molecule has 5 nitrogen and oxygen atoms in total. The lowest BCUT2D eigenvalue weighted by Gasteiger charge is -2.26. The van der Waals surface area contributed by atoms with Crippen LogP contribution in [0.4, 0.5) is 0 Å². The highest BCUT2D eigenvalue weighted by atomic mass is 16.5. The predicted octanol–water partition coefficient (Wildman–Crippen LogP) is 0.730. The van der Waals surface area contributed by atoms with E-state index in [0.717, 1.165) is 38.4 Å². The third-order valence-corrected chi connectivity index (χ3v) is 3.77. The molecule has 1 aliphatic heterocycles. The molecule has 1 fully saturated rings. The Morgan fingerprint density at radius 3 is 2.81 bits per heavy atom. The largest absolute Gasteiger partial charge is 0.379 e. The summed E-state index contributed by atoms with van der Waals surface area (Å²) >= 11 is 0. The quantitative estimate of drug-likeness (QED) is 0.811. The molecule has 5 heteroatoms. The summed E-state index contributed by atoms with van der Waals surface area (Å²) < 4.78 is 5.36. The number of nitrogens with two attached hydrogens (primary N) is 1. The zero-order valence-corrected chi connectivity index (χ0v) is 12.7. The summed E-state index contributed by atoms with van der Waals surface area (Å²) in [7, 11) is 0. The number of rotatable bonds is 6. The van der Waals surface area contributed by atoms with Crippen molar-refractivity contribution in [2.45, 2.75) is 20.0 Å². The van der Waals surface area contributed by atoms with Gasteiger partial charge in [-0.2, -0.15) is 0 Å². The molecule has 0 radical (unpaired) electrons. The second-order valence-corrected chi connectivity index (χ2v) is 5.56. The minimum Gasteiger partial charge on any atom is -0.379 e. The highest BCUT2D eigenvalue weighted by Crippen LogP contribution is 2.10. The summed E-state index contributed by atoms with van der Waals surface area (Å²) in [6.07, 6.45) is 0. The van der Waals surface area contributed by atoms with E-state index >= 15 is 0 Å². The van der Waals surface area contributed by atoms with E-state index in [1.807, 2.05) is 19.1 Å². The van der Waals surface area contributed by atoms with Crippen molar-refractivity contribution in [1.29, 1.82) is 0 Å². The van der Waals surface area contributed by atoms with Crippen LogP contribution in [0.5, 0.6) is 0 Å². The number of benzene rings is 1. The monoisotopic (exact) mass is 291 g/mol. The Hall–Kier alpha value is -1.43. The van der Waals surface area contributed by atoms with Crippen LogP contribution >= 0.6 is 0 Å². The lowest BCUT2D eigenvalue weighted by Crippen LogP contribution is -2.35. The zero-order valence-electron chi connectivity index (χ0n) is 12.7. The molecule has 1 unspecified atom stereocenters. The van der Waals surface area contributed by atoms with E-state index in [1.165, 1.54) is 5.56 Å². The molecule has 116 valence electrons. The Kier molecular flexibility index (Phi) is 6.17. The first-order chi connectivity index (χ1) is 10.2. The topological polar surface area (TPSA) is 67.6 Å². The SMILES string of the molecule is CC(CN)C(=O)NCc1cccc(CN2CCOCC2)c1. The fourth-order valence-corrected chi connectivity index (χ4v) is 2.33. The van der Waals surface area contributed by atoms with Crippen LogP contribution in [0.25, 0.3) is 0 Å². The number of nitrogens with zero attached hydrogens (tertiary/aromatic N) is 1. The first-order valence-electron chi connectivity index (χ1n) is 7.54. The van der Waals surface area contributed by atoms with Crippen LogP contribution in [0, 0.1) is 5.92 Å². The molecule has 1 heterocycles. The Balaban J connectivity index is 1.86. The average Bonchev–Trinajstić information content (AvgIpc) is 2.53. The number of morpholine rings is 1. The van der Waals surface area contributed by atoms with Crippen molar-refractivity contribution in [1.82, 2.24) is 10.2 Å². The van der Waals surface area contributed by atoms with Crippen LogP contribution in [-0.2, 0) is 22.6 Å². The molecule has 1 amide bonds. The van der Waals surface area contributed by atoms with Gasteiger partial charge in [0.1, 0.15) is 0 Å². The Morgan fingerprint density at radius 1 is 1.38 bits per heavy atom. The molecule has 21 heavy (non-hydrogen) atoms. The molecule has 0 aromatic heterocycles. The van der Waals surface area contributed by atoms with Crippen LogP contribution in [-0.4, -0.2) is 43.7 Å². The van der Waals surface area contributed by atoms with Crippen LogP contribution in [0.2, 0.25) is 0 Å². The molecule has 1 aromatic carbocycles. The molecular formula is C16H25N3O2. The molecule has 0 bridgehead atoms. The number of amides is 1. The van der Waals surface area contributed by atoms with Crippen molar-refractivity contribution in [3.63, 3.8) is 0 Å². The third kappa shape index (κ3) is 5.12. The maximum atomic E-state index is 11.7. The van der Waals surface area contributed by atoms with Crippen molar-refractivity contribution in [2.75, 3.05) is 32.8 Å². The molecule has 3 N–H and O–H groups in total. The molecule has 1 aromatic rings. The number of carbonyl (C=O) groups excluding carboxylic acids is 1. The summed E-state index contributed by atoms with van der Waals surface area (Å²) in [5.41, 5.74) is 7.89. The smallest absolute Gasteiger partial charge is 0.224 e. The van der Waals surface area contributed by atoms with Gasteiger partial charge in [0, 0.05) is 38.6 Å². The Bertz CT molecular complexity index is 459. The summed E-state index contributed by atoms with van der Waals surface area (Å²) in [6.45, 7) is 7.29. The van der Waals surface area contributed by atoms with Gasteiger partial charge in [-0.15, -0.1) is 0 Å². The van der Waals surface area contributed by atoms with E-state index in [9.17, 15) is 4.79 Å². The number of carbonyl (C=O) groups is 1. The van der Waals surface area contributed by atoms with Gasteiger partial charge in [-0.25, -0.2) is 0 Å². The van der Waals surface area contributed by atoms with Gasteiger partial charge in [-0.05, 0) is 11.1 Å². The minimum absolute atomic E-state index is 0.0103. The van der Waals surface area contributed by atoms with Gasteiger partial charge in [0.05, 0.1) is 13.2 Å². The second kappa shape index (κ2) is 8.12. The van der Waals surface area contributed by atoms with Crippen molar-refractivity contribution in [3.8, 4) is 0 Å². The van der Waals surface area contributed by atoms with Gasteiger partial charge in [-0.3, -0.25) is 9.69 Å². The highest BCUT2D eigenvalue weighted by molar-refractivity contribution is 5.78. The summed E-state index contributed by atoms with van der Waals surface area (Å²) in [5.74, 6) is -0.127. The van der Waals surface area contributed by atoms with Crippen LogP contribution in [0.3, 0.4) is 0 Å². The van der Waals surface area contributed by atoms with Gasteiger partial charge in [0.25, 0.3) is 0 Å². The normalized spacial score (nSPS) is 17.4. The Morgan fingerprint density at radius 2 is 2.10 bits per heavy atom. The second-order valence-electron chi connectivity index (χ2n) is 5.56. The minimum atomic E-state index is -0.137. The lowest BCUT2D eigenvalue weighted by atomic mass is 10.1. The fraction of sp³-hybridized carbons (Fsp3) is 0.562. The molecule has 0 saturated carbocycles. The van der Waals surface area contributed by atoms with E-state index < -0.39 is 0 Å². The van der Waals surface area contributed by atoms with E-state index in [2.05, 4.69) is 22.3 Å². The van der Waals surface area contributed by atoms with Crippen molar-refractivity contribution in [3.05, 3.63) is 35.4 Å². The molecule has 2 rings (SSSR count). The van der Waals surface area contributed by atoms with Gasteiger partial charge in [0.2, 0.25) is 5.91 Å². The van der Waals surface area contributed by atoms with Crippen LogP contribution in [0.1, 0.15) is 18.1 Å². The molecule has 1 atom stereocenters. The molecule has 1 aliphatic rings. The van der Waals surface area contributed by atoms with Gasteiger partial charge in [-0.1, -0.05) is 31.2 Å². The van der Waals surface area contributed by atoms with E-state index in [1.54, 1.807) is 0 Å². The zero-order chi connectivity index (χ0) is 15.1. The molecule has 1 saturated heterocycles. The first kappa shape index (κ1) is 15.9. The molecule has 0 spiro atoms. The predicted molar refractivity (Wildman–Crippen MR) is 82.6 cm³/mol. The van der Waals surface area contributed by atoms with E-state index in [-0.39, 0.29) is 11.8 Å². The molecule has 0 aliphatic carbocycles. The molecular weight excluding hydrogens is 266 g/mol. The summed E-state index contributed by atoms with van der Waals surface area (Å²) in [4.78, 5) is 14.1. The van der Waals surface area contributed by atoms with Crippen LogP contribution in [0.15, 0.2) is 24.3 Å². The maximum Gasteiger partial charge on any atom is 0.224 e. The van der Waals surface area contributed by atoms with E-state index in [4.69, 9.17) is 10.5 Å². The van der Waals surface area contributed by atoms with Crippen molar-refractivity contribution in [2.24, 2.45) is 11.7 Å². The lowest BCUT2D eigenvalue weighted by molar-refractivity contribution is -0.124. The van der Waals surface area contributed by atoms with E-state index in [0.29, 0.717) is 13.1 Å². The summed E-state index contributed by atoms with van der Waals surface area (Å²) in [6, 6.07) is 8.37. The van der Waals surface area contributed by atoms with Gasteiger partial charge in [0.15, 0.2) is 0 Å². The number of hydrogen-bond acceptors (Lipinski definition) is 4. The Labute approximate surface area is 126 Å². The standard InChI is InChI=1S/C16H25N3O2/c1-13(10-17)16(20)18-11-14-3-2-4-15(9-14)12-19-5-7-21-8-6-19/h2-4,9,13H,5-8,10-12,17H2,1H3,(H,18,20). The third-order valence-electron chi connectivity index (χ3n) is 3.77. The first-order valence-corrected chi connectivity index (χ1v) is 7.54. The van der Waals surface area contributed by atoms with Crippen molar-refractivity contribution >= 4 is 5.91 Å². The number of ether oxygens (including phenoxy) is 1. The van der Waals surface area contributed by atoms with Gasteiger partial charge < -0.3 is 15.8 Å². The van der Waals surface area contributed by atoms with Gasteiger partial charge >= 0.3 is 0 Å². The number of hydrogen-bond donors (Lipinski definition) is 2. The average molecular weight is 291 g/mol. The number of nitrogens with one attached hydrogen (secondary N) is 1. The fourth-order valence-electron chi connectivity index (χ4n) is 2.33. The maximum absolute atomic E-state index is 11.7. The van der Waals surface area contributed by atoms with Crippen LogP contribution < -0.4 is 11.1 Å². The van der Waals surface area contributed by atoms with Crippen molar-refractivity contribution < 1.29 is 9.53 Å².